The van der Waals surface area contributed by atoms with Crippen molar-refractivity contribution in [1.82, 2.24) is 10.2 Å². The predicted octanol–water partition coefficient (Wildman–Crippen LogP) is 4.39. The molecule has 0 unspecified atom stereocenters. The molecule has 29 heavy (non-hydrogen) atoms. The first kappa shape index (κ1) is 22.9. The van der Waals surface area contributed by atoms with Gasteiger partial charge in [0.1, 0.15) is 11.9 Å². The van der Waals surface area contributed by atoms with Gasteiger partial charge in [-0.15, -0.1) is 11.8 Å². The zero-order valence-electron chi connectivity index (χ0n) is 17.1. The SMILES string of the molecule is CCCNC(=O)[C@H](CC)N(Cc1ccc(F)cc1)C(=O)CSCc1ccccc1. The van der Waals surface area contributed by atoms with E-state index in [2.05, 4.69) is 5.32 Å². The molecular weight excluding hydrogens is 387 g/mol. The van der Waals surface area contributed by atoms with Crippen LogP contribution in [-0.4, -0.2) is 35.1 Å². The molecule has 2 aromatic rings. The Bertz CT molecular complexity index is 768. The van der Waals surface area contributed by atoms with E-state index >= 15 is 0 Å². The van der Waals surface area contributed by atoms with E-state index in [-0.39, 0.29) is 29.9 Å². The summed E-state index contributed by atoms with van der Waals surface area (Å²) in [4.78, 5) is 27.3. The fourth-order valence-electron chi connectivity index (χ4n) is 2.99. The van der Waals surface area contributed by atoms with Crippen LogP contribution in [0.4, 0.5) is 4.39 Å². The molecule has 0 saturated heterocycles. The summed E-state index contributed by atoms with van der Waals surface area (Å²) in [6, 6.07) is 15.5. The molecule has 0 bridgehead atoms. The lowest BCUT2D eigenvalue weighted by Gasteiger charge is -2.30. The Morgan fingerprint density at radius 2 is 1.72 bits per heavy atom. The van der Waals surface area contributed by atoms with Crippen LogP contribution in [0.5, 0.6) is 0 Å². The van der Waals surface area contributed by atoms with Crippen molar-refractivity contribution in [2.75, 3.05) is 12.3 Å². The third kappa shape index (κ3) is 7.54. The number of carbonyl (C=O) groups is 2. The smallest absolute Gasteiger partial charge is 0.242 e. The molecular formula is C23H29FN2O2S. The van der Waals surface area contributed by atoms with Crippen LogP contribution in [-0.2, 0) is 21.9 Å². The van der Waals surface area contributed by atoms with E-state index in [1.807, 2.05) is 44.2 Å². The fourth-order valence-corrected chi connectivity index (χ4v) is 3.86. The van der Waals surface area contributed by atoms with E-state index < -0.39 is 6.04 Å². The summed E-state index contributed by atoms with van der Waals surface area (Å²) in [5.41, 5.74) is 1.96. The van der Waals surface area contributed by atoms with Crippen LogP contribution in [0.15, 0.2) is 54.6 Å². The number of halogens is 1. The van der Waals surface area contributed by atoms with Crippen LogP contribution in [0.3, 0.4) is 0 Å². The summed E-state index contributed by atoms with van der Waals surface area (Å²) in [7, 11) is 0. The molecule has 2 amide bonds. The summed E-state index contributed by atoms with van der Waals surface area (Å²) < 4.78 is 13.3. The van der Waals surface area contributed by atoms with E-state index in [1.54, 1.807) is 17.0 Å². The van der Waals surface area contributed by atoms with Gasteiger partial charge >= 0.3 is 0 Å². The highest BCUT2D eigenvalue weighted by Gasteiger charge is 2.28. The maximum atomic E-state index is 13.3. The largest absolute Gasteiger partial charge is 0.354 e. The van der Waals surface area contributed by atoms with Crippen molar-refractivity contribution in [3.63, 3.8) is 0 Å². The maximum Gasteiger partial charge on any atom is 0.242 e. The van der Waals surface area contributed by atoms with E-state index in [9.17, 15) is 14.0 Å². The second kappa shape index (κ2) is 12.3. The van der Waals surface area contributed by atoms with Crippen molar-refractivity contribution in [3.05, 3.63) is 71.5 Å². The van der Waals surface area contributed by atoms with Gasteiger partial charge in [0.2, 0.25) is 11.8 Å². The first-order valence-electron chi connectivity index (χ1n) is 9.98. The number of hydrogen-bond donors (Lipinski definition) is 1. The van der Waals surface area contributed by atoms with Crippen LogP contribution in [0.1, 0.15) is 37.8 Å². The third-order valence-corrected chi connectivity index (χ3v) is 5.53. The Hall–Kier alpha value is -2.34. The molecule has 2 rings (SSSR count). The van der Waals surface area contributed by atoms with Crippen LogP contribution in [0, 0.1) is 5.82 Å². The topological polar surface area (TPSA) is 49.4 Å². The quantitative estimate of drug-likeness (QED) is 0.591. The number of nitrogens with one attached hydrogen (secondary N) is 1. The average Bonchev–Trinajstić information content (AvgIpc) is 2.74. The molecule has 0 saturated carbocycles. The molecule has 0 heterocycles. The summed E-state index contributed by atoms with van der Waals surface area (Å²) >= 11 is 1.53. The van der Waals surface area contributed by atoms with Gasteiger partial charge < -0.3 is 10.2 Å². The zero-order valence-corrected chi connectivity index (χ0v) is 17.9. The molecule has 156 valence electrons. The summed E-state index contributed by atoms with van der Waals surface area (Å²) in [5.74, 6) is 0.466. The second-order valence-corrected chi connectivity index (χ2v) is 7.83. The minimum absolute atomic E-state index is 0.0891. The Kier molecular flexibility index (Phi) is 9.71. The number of nitrogens with zero attached hydrogens (tertiary/aromatic N) is 1. The monoisotopic (exact) mass is 416 g/mol. The molecule has 0 aliphatic heterocycles. The minimum atomic E-state index is -0.545. The van der Waals surface area contributed by atoms with Gasteiger partial charge in [0.25, 0.3) is 0 Å². The molecule has 0 aromatic heterocycles. The van der Waals surface area contributed by atoms with E-state index in [0.717, 1.165) is 23.3 Å². The van der Waals surface area contributed by atoms with Gasteiger partial charge in [-0.2, -0.15) is 0 Å². The third-order valence-electron chi connectivity index (χ3n) is 4.54. The Labute approximate surface area is 176 Å². The summed E-state index contributed by atoms with van der Waals surface area (Å²) in [6.45, 7) is 4.75. The highest BCUT2D eigenvalue weighted by Crippen LogP contribution is 2.17. The number of thioether (sulfide) groups is 1. The van der Waals surface area contributed by atoms with Crippen LogP contribution in [0.25, 0.3) is 0 Å². The van der Waals surface area contributed by atoms with E-state index in [0.29, 0.717) is 13.0 Å². The normalized spacial score (nSPS) is 11.7. The van der Waals surface area contributed by atoms with Gasteiger partial charge in [-0.3, -0.25) is 9.59 Å². The van der Waals surface area contributed by atoms with E-state index in [4.69, 9.17) is 0 Å². The number of hydrogen-bond acceptors (Lipinski definition) is 3. The molecule has 1 atom stereocenters. The molecule has 0 radical (unpaired) electrons. The fraction of sp³-hybridized carbons (Fsp3) is 0.391. The zero-order chi connectivity index (χ0) is 21.1. The lowest BCUT2D eigenvalue weighted by Crippen LogP contribution is -2.49. The number of benzene rings is 2. The summed E-state index contributed by atoms with van der Waals surface area (Å²) in [6.07, 6.45) is 1.35. The lowest BCUT2D eigenvalue weighted by molar-refractivity contribution is -0.139. The van der Waals surface area contributed by atoms with Crippen molar-refractivity contribution in [1.29, 1.82) is 0 Å². The first-order valence-corrected chi connectivity index (χ1v) is 11.1. The molecule has 0 aliphatic rings. The van der Waals surface area contributed by atoms with Gasteiger partial charge in [-0.25, -0.2) is 4.39 Å². The maximum absolute atomic E-state index is 13.3. The molecule has 0 fully saturated rings. The molecule has 4 nitrogen and oxygen atoms in total. The van der Waals surface area contributed by atoms with Gasteiger partial charge in [0.05, 0.1) is 5.75 Å². The van der Waals surface area contributed by atoms with Crippen LogP contribution in [0.2, 0.25) is 0 Å². The molecule has 2 aromatic carbocycles. The number of rotatable bonds is 11. The van der Waals surface area contributed by atoms with Crippen molar-refractivity contribution in [2.24, 2.45) is 0 Å². The van der Waals surface area contributed by atoms with Gasteiger partial charge in [0, 0.05) is 18.8 Å². The number of carbonyl (C=O) groups excluding carboxylic acids is 2. The average molecular weight is 417 g/mol. The highest BCUT2D eigenvalue weighted by atomic mass is 32.2. The van der Waals surface area contributed by atoms with Gasteiger partial charge in [-0.1, -0.05) is 56.3 Å². The Morgan fingerprint density at radius 3 is 2.34 bits per heavy atom. The van der Waals surface area contributed by atoms with Crippen molar-refractivity contribution < 1.29 is 14.0 Å². The standard InChI is InChI=1S/C23H29FN2O2S/c1-3-14-25-23(28)21(4-2)26(15-18-10-12-20(24)13-11-18)22(27)17-29-16-19-8-6-5-7-9-19/h5-13,21H,3-4,14-17H2,1-2H3,(H,25,28)/t21-/m0/s1. The molecule has 0 aliphatic carbocycles. The molecule has 1 N–H and O–H groups in total. The highest BCUT2D eigenvalue weighted by molar-refractivity contribution is 7.99. The van der Waals surface area contributed by atoms with Crippen LogP contribution >= 0.6 is 11.8 Å². The first-order chi connectivity index (χ1) is 14.0. The minimum Gasteiger partial charge on any atom is -0.354 e. The molecule has 6 heteroatoms. The van der Waals surface area contributed by atoms with Crippen molar-refractivity contribution in [2.45, 2.75) is 45.0 Å². The lowest BCUT2D eigenvalue weighted by atomic mass is 10.1. The van der Waals surface area contributed by atoms with Gasteiger partial charge in [-0.05, 0) is 36.1 Å². The van der Waals surface area contributed by atoms with Crippen LogP contribution < -0.4 is 5.32 Å². The Balaban J connectivity index is 2.09. The Morgan fingerprint density at radius 1 is 1.03 bits per heavy atom. The van der Waals surface area contributed by atoms with Crippen molar-refractivity contribution in [3.8, 4) is 0 Å². The second-order valence-electron chi connectivity index (χ2n) is 6.84. The van der Waals surface area contributed by atoms with Gasteiger partial charge in [0.15, 0.2) is 0 Å². The van der Waals surface area contributed by atoms with E-state index in [1.165, 1.54) is 23.9 Å². The number of amides is 2. The predicted molar refractivity (Wildman–Crippen MR) is 117 cm³/mol. The van der Waals surface area contributed by atoms with Crippen molar-refractivity contribution >= 4 is 23.6 Å². The summed E-state index contributed by atoms with van der Waals surface area (Å²) in [5, 5.41) is 2.90. The molecule has 0 spiro atoms.